The molecule has 7 nitrogen and oxygen atoms in total. The molecule has 3 heterocycles. The summed E-state index contributed by atoms with van der Waals surface area (Å²) < 4.78 is 7.58. The number of ether oxygens (including phenoxy) is 1. The first-order valence-corrected chi connectivity index (χ1v) is 8.08. The Labute approximate surface area is 144 Å². The summed E-state index contributed by atoms with van der Waals surface area (Å²) in [6.07, 6.45) is 2.33. The molecule has 126 valence electrons. The molecule has 1 aromatic carbocycles. The highest BCUT2D eigenvalue weighted by atomic mass is 16.5. The quantitative estimate of drug-likeness (QED) is 0.564. The van der Waals surface area contributed by atoms with Crippen LogP contribution in [0.3, 0.4) is 0 Å². The topological polar surface area (TPSA) is 85.4 Å². The molecule has 1 N–H and O–H groups in total. The zero-order chi connectivity index (χ0) is 17.2. The molecule has 0 saturated heterocycles. The van der Waals surface area contributed by atoms with Crippen molar-refractivity contribution in [3.8, 4) is 17.1 Å². The molecule has 0 aliphatic carbocycles. The summed E-state index contributed by atoms with van der Waals surface area (Å²) in [5.74, 6) is 1.42. The summed E-state index contributed by atoms with van der Waals surface area (Å²) in [5.41, 5.74) is 3.88. The second-order valence-electron chi connectivity index (χ2n) is 5.68. The van der Waals surface area contributed by atoms with Gasteiger partial charge >= 0.3 is 0 Å². The van der Waals surface area contributed by atoms with Crippen molar-refractivity contribution >= 4 is 16.8 Å². The normalized spacial score (nSPS) is 11.3. The van der Waals surface area contributed by atoms with E-state index in [4.69, 9.17) is 9.84 Å². The second-order valence-corrected chi connectivity index (χ2v) is 5.68. The van der Waals surface area contributed by atoms with E-state index < -0.39 is 0 Å². The highest BCUT2D eigenvalue weighted by Crippen LogP contribution is 2.26. The van der Waals surface area contributed by atoms with E-state index in [1.165, 1.54) is 0 Å². The number of aliphatic hydroxyl groups excluding tert-OH is 1. The zero-order valence-corrected chi connectivity index (χ0v) is 13.8. The number of aromatic nitrogens is 5. The lowest BCUT2D eigenvalue weighted by molar-refractivity contribution is 0.233. The Morgan fingerprint density at radius 2 is 2.04 bits per heavy atom. The van der Waals surface area contributed by atoms with Gasteiger partial charge in [0.15, 0.2) is 17.1 Å². The predicted molar refractivity (Wildman–Crippen MR) is 93.5 cm³/mol. The minimum atomic E-state index is 0.110. The minimum Gasteiger partial charge on any atom is -0.493 e. The molecule has 0 radical (unpaired) electrons. The first kappa shape index (κ1) is 15.5. The summed E-state index contributed by atoms with van der Waals surface area (Å²) >= 11 is 0. The summed E-state index contributed by atoms with van der Waals surface area (Å²) in [6.45, 7) is 2.49. The van der Waals surface area contributed by atoms with Gasteiger partial charge in [0.2, 0.25) is 0 Å². The van der Waals surface area contributed by atoms with E-state index in [9.17, 15) is 0 Å². The molecule has 0 bridgehead atoms. The van der Waals surface area contributed by atoms with Crippen LogP contribution >= 0.6 is 0 Å². The number of hydrogen-bond donors (Lipinski definition) is 1. The largest absolute Gasteiger partial charge is 0.493 e. The van der Waals surface area contributed by atoms with Gasteiger partial charge in [-0.25, -0.2) is 9.97 Å². The van der Waals surface area contributed by atoms with E-state index in [0.717, 1.165) is 28.2 Å². The van der Waals surface area contributed by atoms with E-state index in [2.05, 4.69) is 20.2 Å². The molecule has 0 aliphatic rings. The molecular formula is C18H17N5O2. The molecule has 7 heteroatoms. The third-order valence-electron chi connectivity index (χ3n) is 3.92. The first-order valence-electron chi connectivity index (χ1n) is 8.08. The highest BCUT2D eigenvalue weighted by molar-refractivity contribution is 5.77. The van der Waals surface area contributed by atoms with Crippen LogP contribution in [0, 0.1) is 6.92 Å². The third kappa shape index (κ3) is 2.78. The molecule has 0 spiro atoms. The lowest BCUT2D eigenvalue weighted by Gasteiger charge is -2.08. The van der Waals surface area contributed by atoms with Crippen molar-refractivity contribution in [1.82, 2.24) is 24.6 Å². The van der Waals surface area contributed by atoms with Crippen LogP contribution in [0.5, 0.6) is 5.75 Å². The fourth-order valence-corrected chi connectivity index (χ4v) is 2.76. The molecule has 0 amide bonds. The molecule has 0 atom stereocenters. The van der Waals surface area contributed by atoms with Crippen LogP contribution in [-0.2, 0) is 0 Å². The molecule has 0 saturated carbocycles. The maximum Gasteiger partial charge on any atom is 0.184 e. The Morgan fingerprint density at radius 1 is 1.12 bits per heavy atom. The Kier molecular flexibility index (Phi) is 3.99. The molecule has 4 aromatic rings. The third-order valence-corrected chi connectivity index (χ3v) is 3.92. The maximum absolute atomic E-state index is 8.88. The maximum atomic E-state index is 8.88. The van der Waals surface area contributed by atoms with E-state index in [1.807, 2.05) is 47.7 Å². The van der Waals surface area contributed by atoms with Gasteiger partial charge in [0.05, 0.1) is 12.3 Å². The summed E-state index contributed by atoms with van der Waals surface area (Å²) in [5, 5.41) is 17.5. The molecule has 25 heavy (non-hydrogen) atoms. The predicted octanol–water partition coefficient (Wildman–Crippen LogP) is 2.41. The van der Waals surface area contributed by atoms with Crippen molar-refractivity contribution in [2.75, 3.05) is 13.2 Å². The number of aryl methyl sites for hydroxylation is 1. The van der Waals surface area contributed by atoms with Gasteiger partial charge in [-0.05, 0) is 31.2 Å². The minimum absolute atomic E-state index is 0.110. The molecular weight excluding hydrogens is 318 g/mol. The van der Waals surface area contributed by atoms with Crippen LogP contribution in [0.15, 0.2) is 42.6 Å². The lowest BCUT2D eigenvalue weighted by atomic mass is 10.2. The zero-order valence-electron chi connectivity index (χ0n) is 13.8. The molecule has 0 aliphatic heterocycles. The number of fused-ring (bicyclic) bond motifs is 3. The van der Waals surface area contributed by atoms with Crippen molar-refractivity contribution < 1.29 is 9.84 Å². The van der Waals surface area contributed by atoms with Crippen molar-refractivity contribution in [1.29, 1.82) is 0 Å². The van der Waals surface area contributed by atoms with Crippen LogP contribution in [-0.4, -0.2) is 42.9 Å². The molecule has 3 aromatic heterocycles. The number of aliphatic hydroxyl groups is 1. The molecule has 4 rings (SSSR count). The summed E-state index contributed by atoms with van der Waals surface area (Å²) in [7, 11) is 0. The summed E-state index contributed by atoms with van der Waals surface area (Å²) in [6, 6.07) is 11.5. The Bertz CT molecular complexity index is 1040. The van der Waals surface area contributed by atoms with Gasteiger partial charge in [-0.1, -0.05) is 12.1 Å². The van der Waals surface area contributed by atoms with E-state index in [-0.39, 0.29) is 6.61 Å². The fourth-order valence-electron chi connectivity index (χ4n) is 2.76. The van der Waals surface area contributed by atoms with Crippen molar-refractivity contribution in [3.05, 3.63) is 48.3 Å². The van der Waals surface area contributed by atoms with Gasteiger partial charge in [0.1, 0.15) is 11.3 Å². The first-order chi connectivity index (χ1) is 12.3. The number of nitrogens with zero attached hydrogens (tertiary/aromatic N) is 5. The van der Waals surface area contributed by atoms with Crippen molar-refractivity contribution in [3.63, 3.8) is 0 Å². The average Bonchev–Trinajstić information content (AvgIpc) is 3.08. The van der Waals surface area contributed by atoms with Crippen LogP contribution < -0.4 is 4.74 Å². The van der Waals surface area contributed by atoms with Crippen LogP contribution in [0.2, 0.25) is 0 Å². The van der Waals surface area contributed by atoms with Crippen molar-refractivity contribution in [2.45, 2.75) is 13.3 Å². The smallest absolute Gasteiger partial charge is 0.184 e. The van der Waals surface area contributed by atoms with Gasteiger partial charge in [-0.2, -0.15) is 0 Å². The summed E-state index contributed by atoms with van der Waals surface area (Å²) in [4.78, 5) is 9.00. The fraction of sp³-hybridized carbons (Fsp3) is 0.222. The Morgan fingerprint density at radius 3 is 2.92 bits per heavy atom. The Balaban J connectivity index is 1.86. The number of hydrogen-bond acceptors (Lipinski definition) is 6. The van der Waals surface area contributed by atoms with Gasteiger partial charge in [0.25, 0.3) is 0 Å². The molecule has 0 fully saturated rings. The van der Waals surface area contributed by atoms with Crippen LogP contribution in [0.25, 0.3) is 28.2 Å². The van der Waals surface area contributed by atoms with E-state index in [0.29, 0.717) is 24.5 Å². The number of pyridine rings is 1. The SMILES string of the molecule is Cc1nc2cccnc2n2c(-c3cccc(OCCCO)c3)nnc12. The monoisotopic (exact) mass is 335 g/mol. The van der Waals surface area contributed by atoms with Crippen LogP contribution in [0.1, 0.15) is 12.1 Å². The van der Waals surface area contributed by atoms with Gasteiger partial charge < -0.3 is 9.84 Å². The standard InChI is InChI=1S/C18H17N5O2/c1-12-16-21-22-17(23(16)18-15(20-12)7-3-8-19-18)13-5-2-6-14(11-13)25-10-4-9-24/h2-3,5-8,11,24H,4,9-10H2,1H3. The average molecular weight is 335 g/mol. The van der Waals surface area contributed by atoms with Crippen molar-refractivity contribution in [2.24, 2.45) is 0 Å². The lowest BCUT2D eigenvalue weighted by Crippen LogP contribution is -2.01. The number of benzene rings is 1. The number of rotatable bonds is 5. The van der Waals surface area contributed by atoms with Gasteiger partial charge in [-0.3, -0.25) is 4.40 Å². The van der Waals surface area contributed by atoms with Gasteiger partial charge in [0, 0.05) is 24.8 Å². The second kappa shape index (κ2) is 6.45. The van der Waals surface area contributed by atoms with Crippen LogP contribution in [0.4, 0.5) is 0 Å². The Hall–Kier alpha value is -3.06. The van der Waals surface area contributed by atoms with Gasteiger partial charge in [-0.15, -0.1) is 10.2 Å². The highest BCUT2D eigenvalue weighted by Gasteiger charge is 2.15. The molecule has 0 unspecified atom stereocenters. The van der Waals surface area contributed by atoms with E-state index >= 15 is 0 Å². The van der Waals surface area contributed by atoms with E-state index in [1.54, 1.807) is 6.20 Å².